The second-order valence-corrected chi connectivity index (χ2v) is 8.66. The first kappa shape index (κ1) is 19.7. The molecule has 158 valence electrons. The van der Waals surface area contributed by atoms with Crippen molar-refractivity contribution in [3.05, 3.63) is 96.3 Å². The van der Waals surface area contributed by atoms with Crippen LogP contribution in [0.25, 0.3) is 11.4 Å². The van der Waals surface area contributed by atoms with E-state index in [4.69, 9.17) is 0 Å². The number of amidine groups is 1. The first-order chi connectivity index (χ1) is 15.5. The van der Waals surface area contributed by atoms with Crippen LogP contribution in [0.2, 0.25) is 0 Å². The molecule has 9 heteroatoms. The number of H-pyrrole nitrogens is 1. The SMILES string of the molecule is O=C(Nc1cccc(-c2ncc[nH]2)c1)c1ccc(NC2=NS(=O)(=O)c3ccccc32)cc1. The van der Waals surface area contributed by atoms with E-state index in [-0.39, 0.29) is 16.6 Å². The molecule has 3 N–H and O–H groups in total. The molecule has 0 atom stereocenters. The zero-order valence-corrected chi connectivity index (χ0v) is 17.4. The lowest BCUT2D eigenvalue weighted by atomic mass is 10.1. The lowest BCUT2D eigenvalue weighted by Crippen LogP contribution is -2.13. The molecule has 8 nitrogen and oxygen atoms in total. The summed E-state index contributed by atoms with van der Waals surface area (Å²) in [5.74, 6) is 0.710. The van der Waals surface area contributed by atoms with Gasteiger partial charge in [0, 0.05) is 40.5 Å². The van der Waals surface area contributed by atoms with Gasteiger partial charge >= 0.3 is 0 Å². The van der Waals surface area contributed by atoms with Gasteiger partial charge in [-0.2, -0.15) is 8.42 Å². The first-order valence-corrected chi connectivity index (χ1v) is 11.2. The summed E-state index contributed by atoms with van der Waals surface area (Å²) in [7, 11) is -3.70. The van der Waals surface area contributed by atoms with Crippen molar-refractivity contribution in [2.75, 3.05) is 10.6 Å². The number of aromatic nitrogens is 2. The molecule has 1 aliphatic rings. The third-order valence-electron chi connectivity index (χ3n) is 4.93. The van der Waals surface area contributed by atoms with Gasteiger partial charge in [-0.05, 0) is 48.5 Å². The zero-order chi connectivity index (χ0) is 22.1. The second kappa shape index (κ2) is 7.78. The molecule has 5 rings (SSSR count). The van der Waals surface area contributed by atoms with E-state index >= 15 is 0 Å². The van der Waals surface area contributed by atoms with Crippen molar-refractivity contribution in [3.63, 3.8) is 0 Å². The van der Waals surface area contributed by atoms with Crippen LogP contribution in [0.1, 0.15) is 15.9 Å². The highest BCUT2D eigenvalue weighted by Gasteiger charge is 2.28. The Labute approximate surface area is 184 Å². The third kappa shape index (κ3) is 3.77. The molecule has 1 amide bonds. The highest BCUT2D eigenvalue weighted by atomic mass is 32.2. The number of hydrogen-bond donors (Lipinski definition) is 3. The summed E-state index contributed by atoms with van der Waals surface area (Å²) in [6.45, 7) is 0. The number of nitrogens with zero attached hydrogens (tertiary/aromatic N) is 2. The minimum atomic E-state index is -3.70. The van der Waals surface area contributed by atoms with E-state index in [0.29, 0.717) is 22.5 Å². The van der Waals surface area contributed by atoms with Gasteiger partial charge in [0.25, 0.3) is 15.9 Å². The number of anilines is 2. The summed E-state index contributed by atoms with van der Waals surface area (Å²) in [6.07, 6.45) is 3.41. The topological polar surface area (TPSA) is 116 Å². The quantitative estimate of drug-likeness (QED) is 0.442. The molecule has 4 aromatic rings. The molecular formula is C23H17N5O3S. The summed E-state index contributed by atoms with van der Waals surface area (Å²) >= 11 is 0. The van der Waals surface area contributed by atoms with Crippen molar-refractivity contribution < 1.29 is 13.2 Å². The Morgan fingerprint density at radius 2 is 1.72 bits per heavy atom. The van der Waals surface area contributed by atoms with E-state index in [1.54, 1.807) is 60.9 Å². The van der Waals surface area contributed by atoms with Crippen LogP contribution in [0.5, 0.6) is 0 Å². The van der Waals surface area contributed by atoms with Gasteiger partial charge in [-0.3, -0.25) is 4.79 Å². The van der Waals surface area contributed by atoms with Gasteiger partial charge in [-0.1, -0.05) is 24.3 Å². The third-order valence-corrected chi connectivity index (χ3v) is 6.27. The summed E-state index contributed by atoms with van der Waals surface area (Å²) in [5, 5.41) is 5.89. The van der Waals surface area contributed by atoms with E-state index in [2.05, 4.69) is 25.0 Å². The van der Waals surface area contributed by atoms with Crippen LogP contribution in [0.3, 0.4) is 0 Å². The number of carbonyl (C=O) groups is 1. The summed E-state index contributed by atoms with van der Waals surface area (Å²) in [4.78, 5) is 20.1. The molecule has 1 aromatic heterocycles. The highest BCUT2D eigenvalue weighted by molar-refractivity contribution is 7.90. The molecule has 0 aliphatic carbocycles. The van der Waals surface area contributed by atoms with Crippen molar-refractivity contribution in [1.29, 1.82) is 0 Å². The van der Waals surface area contributed by atoms with Crippen LogP contribution in [-0.2, 0) is 10.0 Å². The molecule has 32 heavy (non-hydrogen) atoms. The van der Waals surface area contributed by atoms with Gasteiger partial charge in [-0.15, -0.1) is 4.40 Å². The summed E-state index contributed by atoms with van der Waals surface area (Å²) in [6, 6.07) is 20.7. The number of sulfonamides is 1. The van der Waals surface area contributed by atoms with Crippen molar-refractivity contribution in [3.8, 4) is 11.4 Å². The lowest BCUT2D eigenvalue weighted by Gasteiger charge is -2.09. The van der Waals surface area contributed by atoms with Crippen LogP contribution < -0.4 is 10.6 Å². The zero-order valence-electron chi connectivity index (χ0n) is 16.6. The number of benzene rings is 3. The van der Waals surface area contributed by atoms with Gasteiger partial charge in [0.1, 0.15) is 10.7 Å². The van der Waals surface area contributed by atoms with Crippen molar-refractivity contribution in [2.45, 2.75) is 4.90 Å². The summed E-state index contributed by atoms with van der Waals surface area (Å²) in [5.41, 5.74) is 3.10. The van der Waals surface area contributed by atoms with Crippen molar-refractivity contribution in [1.82, 2.24) is 9.97 Å². The molecule has 0 radical (unpaired) electrons. The molecule has 0 unspecified atom stereocenters. The van der Waals surface area contributed by atoms with Crippen molar-refractivity contribution >= 4 is 33.1 Å². The molecule has 0 fully saturated rings. The number of imidazole rings is 1. The van der Waals surface area contributed by atoms with Crippen LogP contribution in [0.4, 0.5) is 11.4 Å². The maximum Gasteiger partial charge on any atom is 0.285 e. The van der Waals surface area contributed by atoms with E-state index in [9.17, 15) is 13.2 Å². The monoisotopic (exact) mass is 443 g/mol. The number of nitrogens with one attached hydrogen (secondary N) is 3. The molecule has 2 heterocycles. The fraction of sp³-hybridized carbons (Fsp3) is 0. The number of fused-ring (bicyclic) bond motifs is 1. The van der Waals surface area contributed by atoms with Crippen LogP contribution >= 0.6 is 0 Å². The van der Waals surface area contributed by atoms with Crippen LogP contribution in [0, 0.1) is 0 Å². The van der Waals surface area contributed by atoms with Crippen molar-refractivity contribution in [2.24, 2.45) is 4.40 Å². The lowest BCUT2D eigenvalue weighted by molar-refractivity contribution is 0.102. The average molecular weight is 443 g/mol. The molecule has 0 saturated heterocycles. The molecule has 0 bridgehead atoms. The number of aromatic amines is 1. The Morgan fingerprint density at radius 1 is 0.906 bits per heavy atom. The Balaban J connectivity index is 1.30. The maximum atomic E-state index is 12.7. The molecule has 0 saturated carbocycles. The number of hydrogen-bond acceptors (Lipinski definition) is 5. The Hall–Kier alpha value is -4.24. The van der Waals surface area contributed by atoms with Gasteiger partial charge in [0.2, 0.25) is 0 Å². The van der Waals surface area contributed by atoms with E-state index < -0.39 is 10.0 Å². The fourth-order valence-corrected chi connectivity index (χ4v) is 4.58. The molecule has 1 aliphatic heterocycles. The molecule has 3 aromatic carbocycles. The summed E-state index contributed by atoms with van der Waals surface area (Å²) < 4.78 is 28.2. The Bertz CT molecular complexity index is 1440. The smallest absolute Gasteiger partial charge is 0.285 e. The molecular weight excluding hydrogens is 426 g/mol. The van der Waals surface area contributed by atoms with Crippen LogP contribution in [0.15, 0.2) is 94.5 Å². The standard InChI is InChI=1S/C23H17N5O3S/c29-23(27-18-5-3-4-16(14-18)21-24-12-13-25-21)15-8-10-17(11-9-15)26-22-19-6-1-2-7-20(19)32(30,31)28-22/h1-14H,(H,24,25)(H,26,28)(H,27,29). The minimum absolute atomic E-state index is 0.176. The predicted molar refractivity (Wildman–Crippen MR) is 122 cm³/mol. The minimum Gasteiger partial charge on any atom is -0.345 e. The molecule has 0 spiro atoms. The average Bonchev–Trinajstić information content (AvgIpc) is 3.42. The second-order valence-electron chi connectivity index (χ2n) is 7.09. The van der Waals surface area contributed by atoms with E-state index in [0.717, 1.165) is 11.4 Å². The Morgan fingerprint density at radius 3 is 2.50 bits per heavy atom. The highest BCUT2D eigenvalue weighted by Crippen LogP contribution is 2.27. The number of amides is 1. The fourth-order valence-electron chi connectivity index (χ4n) is 3.41. The van der Waals surface area contributed by atoms with E-state index in [1.165, 1.54) is 6.07 Å². The normalized spacial score (nSPS) is 13.8. The van der Waals surface area contributed by atoms with E-state index in [1.807, 2.05) is 18.2 Å². The maximum absolute atomic E-state index is 12.7. The van der Waals surface area contributed by atoms with Crippen LogP contribution in [-0.4, -0.2) is 30.1 Å². The predicted octanol–water partition coefficient (Wildman–Crippen LogP) is 3.89. The largest absolute Gasteiger partial charge is 0.345 e. The van der Waals surface area contributed by atoms with Gasteiger partial charge < -0.3 is 15.6 Å². The van der Waals surface area contributed by atoms with Gasteiger partial charge in [0.15, 0.2) is 5.84 Å². The number of rotatable bonds is 4. The van der Waals surface area contributed by atoms with Gasteiger partial charge in [0.05, 0.1) is 0 Å². The van der Waals surface area contributed by atoms with Gasteiger partial charge in [-0.25, -0.2) is 4.98 Å². The first-order valence-electron chi connectivity index (χ1n) is 9.72. The number of carbonyl (C=O) groups excluding carboxylic acids is 1. The Kier molecular flexibility index (Phi) is 4.79.